The van der Waals surface area contributed by atoms with E-state index in [1.54, 1.807) is 0 Å². The Morgan fingerprint density at radius 3 is 1.83 bits per heavy atom. The molecule has 4 heteroatoms. The molecule has 0 rings (SSSR count). The molecule has 0 radical (unpaired) electrons. The summed E-state index contributed by atoms with van der Waals surface area (Å²) < 4.78 is 15.9. The topological polar surface area (TPSA) is 27.7 Å². The van der Waals surface area contributed by atoms with Gasteiger partial charge >= 0.3 is 8.60 Å². The molecule has 0 aromatic carbocycles. The predicted octanol–water partition coefficient (Wildman–Crippen LogP) is 2.96. The summed E-state index contributed by atoms with van der Waals surface area (Å²) in [6.07, 6.45) is 0. The summed E-state index contributed by atoms with van der Waals surface area (Å²) in [4.78, 5) is 0. The molecule has 0 saturated heterocycles. The quantitative estimate of drug-likeness (QED) is 0.583. The van der Waals surface area contributed by atoms with E-state index >= 15 is 0 Å². The maximum Gasteiger partial charge on any atom is 0.332 e. The smallest absolute Gasteiger partial charge is 0.313 e. The second-order valence-electron chi connectivity index (χ2n) is 2.75. The Kier molecular flexibility index (Phi) is 8.14. The Morgan fingerprint density at radius 2 is 1.50 bits per heavy atom. The van der Waals surface area contributed by atoms with Gasteiger partial charge in [-0.3, -0.25) is 0 Å². The van der Waals surface area contributed by atoms with Crippen LogP contribution < -0.4 is 0 Å². The lowest BCUT2D eigenvalue weighted by Gasteiger charge is -2.15. The Balaban J connectivity index is 3.48. The van der Waals surface area contributed by atoms with Crippen molar-refractivity contribution < 1.29 is 13.6 Å². The van der Waals surface area contributed by atoms with Gasteiger partial charge in [0.2, 0.25) is 0 Å². The Bertz CT molecular complexity index is 92.3. The van der Waals surface area contributed by atoms with Gasteiger partial charge in [-0.2, -0.15) is 0 Å². The minimum atomic E-state index is -1.09. The molecule has 0 N–H and O–H groups in total. The van der Waals surface area contributed by atoms with Crippen molar-refractivity contribution in [3.05, 3.63) is 0 Å². The SMILES string of the molecule is CCOP(OCC)OCC(C)C. The van der Waals surface area contributed by atoms with Crippen molar-refractivity contribution in [3.8, 4) is 0 Å². The average molecular weight is 194 g/mol. The van der Waals surface area contributed by atoms with Crippen LogP contribution in [0.25, 0.3) is 0 Å². The highest BCUT2D eigenvalue weighted by Gasteiger charge is 2.10. The fraction of sp³-hybridized carbons (Fsp3) is 1.00. The van der Waals surface area contributed by atoms with E-state index in [1.165, 1.54) is 0 Å². The molecule has 0 bridgehead atoms. The van der Waals surface area contributed by atoms with Crippen LogP contribution in [-0.2, 0) is 13.6 Å². The molecule has 0 heterocycles. The van der Waals surface area contributed by atoms with Gasteiger partial charge < -0.3 is 13.6 Å². The third-order valence-corrected chi connectivity index (χ3v) is 2.28. The summed E-state index contributed by atoms with van der Waals surface area (Å²) in [5.41, 5.74) is 0. The van der Waals surface area contributed by atoms with Gasteiger partial charge in [-0.15, -0.1) is 0 Å². The van der Waals surface area contributed by atoms with Crippen LogP contribution in [0.15, 0.2) is 0 Å². The molecule has 0 fully saturated rings. The van der Waals surface area contributed by atoms with E-state index < -0.39 is 8.60 Å². The van der Waals surface area contributed by atoms with E-state index in [0.717, 1.165) is 0 Å². The molecule has 3 nitrogen and oxygen atoms in total. The van der Waals surface area contributed by atoms with Crippen molar-refractivity contribution in [2.75, 3.05) is 19.8 Å². The molecule has 12 heavy (non-hydrogen) atoms. The minimum Gasteiger partial charge on any atom is -0.313 e. The van der Waals surface area contributed by atoms with Gasteiger partial charge in [-0.1, -0.05) is 13.8 Å². The van der Waals surface area contributed by atoms with E-state index in [-0.39, 0.29) is 0 Å². The summed E-state index contributed by atoms with van der Waals surface area (Å²) in [5.74, 6) is 0.524. The normalized spacial score (nSPS) is 11.5. The van der Waals surface area contributed by atoms with Crippen molar-refractivity contribution >= 4 is 8.60 Å². The van der Waals surface area contributed by atoms with Gasteiger partial charge in [-0.25, -0.2) is 0 Å². The summed E-state index contributed by atoms with van der Waals surface area (Å²) in [5, 5.41) is 0. The van der Waals surface area contributed by atoms with Crippen LogP contribution in [0.4, 0.5) is 0 Å². The summed E-state index contributed by atoms with van der Waals surface area (Å²) >= 11 is 0. The van der Waals surface area contributed by atoms with Crippen LogP contribution in [-0.4, -0.2) is 19.8 Å². The standard InChI is InChI=1S/C8H19O3P/c1-5-9-12(10-6-2)11-7-8(3)4/h8H,5-7H2,1-4H3. The Labute approximate surface area is 76.4 Å². The largest absolute Gasteiger partial charge is 0.332 e. The zero-order valence-corrected chi connectivity index (χ0v) is 9.27. The van der Waals surface area contributed by atoms with Gasteiger partial charge in [0.25, 0.3) is 0 Å². The van der Waals surface area contributed by atoms with Crippen molar-refractivity contribution in [1.82, 2.24) is 0 Å². The molecule has 0 spiro atoms. The Morgan fingerprint density at radius 1 is 1.00 bits per heavy atom. The van der Waals surface area contributed by atoms with E-state index in [1.807, 2.05) is 13.8 Å². The highest BCUT2D eigenvalue weighted by atomic mass is 31.2. The fourth-order valence-corrected chi connectivity index (χ4v) is 1.60. The molecule has 0 aliphatic rings. The van der Waals surface area contributed by atoms with E-state index in [2.05, 4.69) is 13.8 Å². The third kappa shape index (κ3) is 6.99. The molecule has 74 valence electrons. The Hall–Kier alpha value is 0.310. The first-order valence-corrected chi connectivity index (χ1v) is 5.49. The summed E-state index contributed by atoms with van der Waals surface area (Å²) in [6.45, 7) is 10.1. The van der Waals surface area contributed by atoms with Crippen LogP contribution in [0.1, 0.15) is 27.7 Å². The zero-order chi connectivity index (χ0) is 9.40. The summed E-state index contributed by atoms with van der Waals surface area (Å²) in [7, 11) is -1.09. The molecule has 0 aliphatic carbocycles. The molecular formula is C8H19O3P. The zero-order valence-electron chi connectivity index (χ0n) is 8.37. The van der Waals surface area contributed by atoms with Crippen LogP contribution >= 0.6 is 8.60 Å². The van der Waals surface area contributed by atoms with Gasteiger partial charge in [-0.05, 0) is 19.8 Å². The molecule has 0 saturated carbocycles. The summed E-state index contributed by atoms with van der Waals surface area (Å²) in [6, 6.07) is 0. The van der Waals surface area contributed by atoms with Gasteiger partial charge in [0.05, 0.1) is 19.8 Å². The molecule has 0 amide bonds. The second-order valence-corrected chi connectivity index (χ2v) is 3.97. The maximum atomic E-state index is 5.40. The fourth-order valence-electron chi connectivity index (χ4n) is 0.533. The first-order chi connectivity index (χ1) is 5.70. The second kappa shape index (κ2) is 7.93. The predicted molar refractivity (Wildman–Crippen MR) is 51.0 cm³/mol. The molecule has 0 atom stereocenters. The number of hydrogen-bond donors (Lipinski definition) is 0. The van der Waals surface area contributed by atoms with Crippen molar-refractivity contribution in [2.24, 2.45) is 5.92 Å². The lowest BCUT2D eigenvalue weighted by molar-refractivity contribution is 0.157. The third-order valence-electron chi connectivity index (χ3n) is 0.982. The van der Waals surface area contributed by atoms with Gasteiger partial charge in [0.15, 0.2) is 0 Å². The molecule has 0 aromatic rings. The monoisotopic (exact) mass is 194 g/mol. The molecule has 0 unspecified atom stereocenters. The highest BCUT2D eigenvalue weighted by Crippen LogP contribution is 2.39. The van der Waals surface area contributed by atoms with Gasteiger partial charge in [0.1, 0.15) is 0 Å². The van der Waals surface area contributed by atoms with Crippen molar-refractivity contribution in [2.45, 2.75) is 27.7 Å². The van der Waals surface area contributed by atoms with E-state index in [0.29, 0.717) is 25.7 Å². The van der Waals surface area contributed by atoms with Crippen molar-refractivity contribution in [1.29, 1.82) is 0 Å². The lowest BCUT2D eigenvalue weighted by Crippen LogP contribution is -2.01. The first-order valence-electron chi connectivity index (χ1n) is 4.39. The highest BCUT2D eigenvalue weighted by molar-refractivity contribution is 7.41. The van der Waals surface area contributed by atoms with E-state index in [9.17, 15) is 0 Å². The average Bonchev–Trinajstić information content (AvgIpc) is 2.01. The molecule has 0 aromatic heterocycles. The molecule has 0 aliphatic heterocycles. The first kappa shape index (κ1) is 12.3. The van der Waals surface area contributed by atoms with Crippen LogP contribution in [0.3, 0.4) is 0 Å². The van der Waals surface area contributed by atoms with Crippen molar-refractivity contribution in [3.63, 3.8) is 0 Å². The van der Waals surface area contributed by atoms with Crippen LogP contribution in [0.5, 0.6) is 0 Å². The van der Waals surface area contributed by atoms with Crippen LogP contribution in [0, 0.1) is 5.92 Å². The lowest BCUT2D eigenvalue weighted by atomic mass is 10.2. The maximum absolute atomic E-state index is 5.40. The van der Waals surface area contributed by atoms with Crippen LogP contribution in [0.2, 0.25) is 0 Å². The minimum absolute atomic E-state index is 0.524. The van der Waals surface area contributed by atoms with E-state index in [4.69, 9.17) is 13.6 Å². The number of rotatable bonds is 7. The van der Waals surface area contributed by atoms with Gasteiger partial charge in [0, 0.05) is 0 Å². The molecular weight excluding hydrogens is 175 g/mol. The number of hydrogen-bond acceptors (Lipinski definition) is 3.